The molecule has 0 amide bonds. The summed E-state index contributed by atoms with van der Waals surface area (Å²) in [6.07, 6.45) is 2.49. The third kappa shape index (κ3) is 1.96. The van der Waals surface area contributed by atoms with Gasteiger partial charge < -0.3 is 11.1 Å². The number of nitrogens with two attached hydrogens (primary N) is 1. The number of rotatable bonds is 4. The first-order valence-corrected chi connectivity index (χ1v) is 6.09. The lowest BCUT2D eigenvalue weighted by molar-refractivity contribution is 0.919. The van der Waals surface area contributed by atoms with Crippen molar-refractivity contribution < 1.29 is 0 Å². The van der Waals surface area contributed by atoms with Crippen LogP contribution in [0.15, 0.2) is 24.3 Å². The maximum absolute atomic E-state index is 5.50. The first-order chi connectivity index (χ1) is 8.40. The Morgan fingerprint density at radius 3 is 2.65 bits per heavy atom. The fourth-order valence-corrected chi connectivity index (χ4v) is 2.10. The van der Waals surface area contributed by atoms with Gasteiger partial charge in [0.2, 0.25) is 0 Å². The Kier molecular flexibility index (Phi) is 2.65. The summed E-state index contributed by atoms with van der Waals surface area (Å²) in [7, 11) is 0. The summed E-state index contributed by atoms with van der Waals surface area (Å²) < 4.78 is 0. The lowest BCUT2D eigenvalue weighted by atomic mass is 10.1. The van der Waals surface area contributed by atoms with E-state index in [4.69, 9.17) is 5.73 Å². The molecule has 0 saturated heterocycles. The molecule has 88 valence electrons. The average Bonchev–Trinajstić information content (AvgIpc) is 3.20. The van der Waals surface area contributed by atoms with Crippen molar-refractivity contribution in [3.8, 4) is 0 Å². The minimum atomic E-state index is 0.598. The molecule has 1 fully saturated rings. The fourth-order valence-electron chi connectivity index (χ4n) is 2.10. The highest BCUT2D eigenvalue weighted by molar-refractivity contribution is 5.93. The van der Waals surface area contributed by atoms with Crippen molar-refractivity contribution in [1.29, 1.82) is 0 Å². The molecule has 0 bridgehead atoms. The van der Waals surface area contributed by atoms with E-state index in [-0.39, 0.29) is 0 Å². The molecule has 3 N–H and O–H groups in total. The van der Waals surface area contributed by atoms with Crippen LogP contribution >= 0.6 is 0 Å². The Hall–Kier alpha value is -1.68. The summed E-state index contributed by atoms with van der Waals surface area (Å²) in [5.41, 5.74) is 6.65. The number of hydrogen-bond donors (Lipinski definition) is 2. The quantitative estimate of drug-likeness (QED) is 0.838. The first-order valence-electron chi connectivity index (χ1n) is 6.09. The number of anilines is 1. The van der Waals surface area contributed by atoms with Crippen molar-refractivity contribution in [3.63, 3.8) is 0 Å². The highest BCUT2D eigenvalue weighted by Crippen LogP contribution is 2.42. The summed E-state index contributed by atoms with van der Waals surface area (Å²) in [4.78, 5) is 0. The fraction of sp³-hybridized carbons (Fsp3) is 0.385. The standard InChI is InChI=1S/C13H16N4/c14-7-8-15-13-11-4-2-1-3-10(11)12(16-17-13)9-5-6-9/h1-4,9H,5-8,14H2,(H,15,17). The molecule has 4 heteroatoms. The number of hydrogen-bond acceptors (Lipinski definition) is 4. The molecule has 0 radical (unpaired) electrons. The van der Waals surface area contributed by atoms with Crippen LogP contribution in [0.5, 0.6) is 0 Å². The molecule has 0 unspecified atom stereocenters. The Morgan fingerprint density at radius 1 is 1.18 bits per heavy atom. The molecule has 1 aliphatic carbocycles. The molecular formula is C13H16N4. The van der Waals surface area contributed by atoms with Gasteiger partial charge in [-0.2, -0.15) is 5.10 Å². The monoisotopic (exact) mass is 228 g/mol. The van der Waals surface area contributed by atoms with Crippen LogP contribution in [0.3, 0.4) is 0 Å². The molecule has 1 saturated carbocycles. The highest BCUT2D eigenvalue weighted by Gasteiger charge is 2.27. The van der Waals surface area contributed by atoms with Crippen molar-refractivity contribution in [2.24, 2.45) is 5.73 Å². The second-order valence-electron chi connectivity index (χ2n) is 4.47. The van der Waals surface area contributed by atoms with Crippen molar-refractivity contribution in [2.75, 3.05) is 18.4 Å². The van der Waals surface area contributed by atoms with Crippen LogP contribution in [0.4, 0.5) is 5.82 Å². The van der Waals surface area contributed by atoms with Gasteiger partial charge in [0, 0.05) is 29.8 Å². The van der Waals surface area contributed by atoms with Gasteiger partial charge in [-0.25, -0.2) is 0 Å². The second-order valence-corrected chi connectivity index (χ2v) is 4.47. The third-order valence-electron chi connectivity index (χ3n) is 3.12. The van der Waals surface area contributed by atoms with Gasteiger partial charge in [0.15, 0.2) is 5.82 Å². The van der Waals surface area contributed by atoms with E-state index >= 15 is 0 Å². The number of aromatic nitrogens is 2. The van der Waals surface area contributed by atoms with Crippen molar-refractivity contribution in [2.45, 2.75) is 18.8 Å². The van der Waals surface area contributed by atoms with Gasteiger partial charge in [-0.3, -0.25) is 0 Å². The smallest absolute Gasteiger partial charge is 0.156 e. The summed E-state index contributed by atoms with van der Waals surface area (Å²) in [5, 5.41) is 14.3. The Bertz CT molecular complexity index is 534. The minimum Gasteiger partial charge on any atom is -0.367 e. The maximum atomic E-state index is 5.50. The van der Waals surface area contributed by atoms with Gasteiger partial charge in [-0.15, -0.1) is 5.10 Å². The van der Waals surface area contributed by atoms with Gasteiger partial charge in [0.05, 0.1) is 5.69 Å². The van der Waals surface area contributed by atoms with Gasteiger partial charge >= 0.3 is 0 Å². The van der Waals surface area contributed by atoms with Crippen LogP contribution in [-0.2, 0) is 0 Å². The zero-order valence-electron chi connectivity index (χ0n) is 9.69. The predicted octanol–water partition coefficient (Wildman–Crippen LogP) is 1.88. The zero-order chi connectivity index (χ0) is 11.7. The molecule has 3 rings (SSSR count). The highest BCUT2D eigenvalue weighted by atomic mass is 15.2. The predicted molar refractivity (Wildman–Crippen MR) is 69.1 cm³/mol. The van der Waals surface area contributed by atoms with Gasteiger partial charge in [-0.1, -0.05) is 24.3 Å². The van der Waals surface area contributed by atoms with Crippen molar-refractivity contribution in [1.82, 2.24) is 10.2 Å². The lowest BCUT2D eigenvalue weighted by Crippen LogP contribution is -2.14. The molecule has 2 aromatic rings. The van der Waals surface area contributed by atoms with E-state index < -0.39 is 0 Å². The number of nitrogens with one attached hydrogen (secondary N) is 1. The van der Waals surface area contributed by atoms with E-state index in [2.05, 4.69) is 33.7 Å². The molecule has 1 heterocycles. The number of fused-ring (bicyclic) bond motifs is 1. The average molecular weight is 228 g/mol. The Morgan fingerprint density at radius 2 is 1.94 bits per heavy atom. The molecule has 0 aliphatic heterocycles. The Labute approximate surface area is 100 Å². The van der Waals surface area contributed by atoms with E-state index in [9.17, 15) is 0 Å². The van der Waals surface area contributed by atoms with E-state index in [1.165, 1.54) is 18.2 Å². The first kappa shape index (κ1) is 10.5. The van der Waals surface area contributed by atoms with Gasteiger partial charge in [0.1, 0.15) is 0 Å². The molecule has 1 aromatic heterocycles. The molecular weight excluding hydrogens is 212 g/mol. The maximum Gasteiger partial charge on any atom is 0.156 e. The molecule has 17 heavy (non-hydrogen) atoms. The van der Waals surface area contributed by atoms with Crippen LogP contribution < -0.4 is 11.1 Å². The van der Waals surface area contributed by atoms with Gasteiger partial charge in [-0.05, 0) is 12.8 Å². The van der Waals surface area contributed by atoms with Gasteiger partial charge in [0.25, 0.3) is 0 Å². The van der Waals surface area contributed by atoms with E-state index in [0.29, 0.717) is 12.5 Å². The molecule has 1 aliphatic rings. The van der Waals surface area contributed by atoms with Crippen LogP contribution in [0.2, 0.25) is 0 Å². The van der Waals surface area contributed by atoms with Crippen LogP contribution in [0, 0.1) is 0 Å². The molecule has 1 aromatic carbocycles. The second kappa shape index (κ2) is 4.30. The summed E-state index contributed by atoms with van der Waals surface area (Å²) in [6, 6.07) is 8.32. The van der Waals surface area contributed by atoms with E-state index in [1.54, 1.807) is 0 Å². The summed E-state index contributed by atoms with van der Waals surface area (Å²) in [5.74, 6) is 1.46. The normalized spacial score (nSPS) is 15.1. The minimum absolute atomic E-state index is 0.598. The molecule has 4 nitrogen and oxygen atoms in total. The SMILES string of the molecule is NCCNc1nnc(C2CC2)c2ccccc12. The van der Waals surface area contributed by atoms with Crippen LogP contribution in [0.25, 0.3) is 10.8 Å². The van der Waals surface area contributed by atoms with Crippen LogP contribution in [-0.4, -0.2) is 23.3 Å². The van der Waals surface area contributed by atoms with Crippen molar-refractivity contribution >= 4 is 16.6 Å². The van der Waals surface area contributed by atoms with Crippen molar-refractivity contribution in [3.05, 3.63) is 30.0 Å². The number of benzene rings is 1. The molecule has 0 atom stereocenters. The Balaban J connectivity index is 2.09. The summed E-state index contributed by atoms with van der Waals surface area (Å²) >= 11 is 0. The largest absolute Gasteiger partial charge is 0.367 e. The van der Waals surface area contributed by atoms with E-state index in [0.717, 1.165) is 23.4 Å². The third-order valence-corrected chi connectivity index (χ3v) is 3.12. The van der Waals surface area contributed by atoms with Crippen LogP contribution in [0.1, 0.15) is 24.5 Å². The summed E-state index contributed by atoms with van der Waals surface area (Å²) in [6.45, 7) is 1.32. The van der Waals surface area contributed by atoms with E-state index in [1.807, 2.05) is 6.07 Å². The lowest BCUT2D eigenvalue weighted by Gasteiger charge is -2.09. The topological polar surface area (TPSA) is 63.8 Å². The zero-order valence-corrected chi connectivity index (χ0v) is 9.69. The number of nitrogens with zero attached hydrogens (tertiary/aromatic N) is 2. The molecule has 0 spiro atoms.